The minimum absolute atomic E-state index is 0. The van der Waals surface area contributed by atoms with E-state index >= 15 is 0 Å². The van der Waals surface area contributed by atoms with Crippen molar-refractivity contribution in [2.75, 3.05) is 14.2 Å². The molecule has 0 unspecified atom stereocenters. The van der Waals surface area contributed by atoms with E-state index in [9.17, 15) is 0 Å². The van der Waals surface area contributed by atoms with Gasteiger partial charge in [0, 0.05) is 31.0 Å². The molecule has 0 bridgehead atoms. The zero-order valence-corrected chi connectivity index (χ0v) is 9.72. The molecule has 11 heavy (non-hydrogen) atoms. The first-order valence-electron chi connectivity index (χ1n) is 2.97. The second-order valence-electron chi connectivity index (χ2n) is 1.77. The second-order valence-corrected chi connectivity index (χ2v) is 1.77. The summed E-state index contributed by atoms with van der Waals surface area (Å²) < 4.78 is 9.94. The van der Waals surface area contributed by atoms with Crippen LogP contribution in [0.3, 0.4) is 0 Å². The van der Waals surface area contributed by atoms with Gasteiger partial charge in [-0.2, -0.15) is 12.1 Å². The van der Waals surface area contributed by atoms with Crippen molar-refractivity contribution in [3.63, 3.8) is 0 Å². The average molecular weight is 203 g/mol. The Hall–Kier alpha value is -0.557. The number of rotatable bonds is 2. The Kier molecular flexibility index (Phi) is 4.88. The third kappa shape index (κ3) is 2.51. The second kappa shape index (κ2) is 5.14. The van der Waals surface area contributed by atoms with E-state index in [0.29, 0.717) is 11.5 Å². The van der Waals surface area contributed by atoms with Crippen molar-refractivity contribution in [2.24, 2.45) is 0 Å². The maximum atomic E-state index is 4.98. The zero-order valence-electron chi connectivity index (χ0n) is 6.76. The molecule has 0 saturated heterocycles. The number of hydrogen-bond acceptors (Lipinski definition) is 2. The zero-order chi connectivity index (χ0) is 7.40. The Morgan fingerprint density at radius 3 is 2.45 bits per heavy atom. The molecule has 0 atom stereocenters. The predicted octanol–water partition coefficient (Wildman–Crippen LogP) is 1.50. The Bertz CT molecular complexity index is 190. The first-order chi connectivity index (χ1) is 4.88. The molecule has 0 N–H and O–H groups in total. The van der Waals surface area contributed by atoms with Crippen LogP contribution in [0.15, 0.2) is 18.2 Å². The van der Waals surface area contributed by atoms with Gasteiger partial charge in [-0.05, 0) is 0 Å². The van der Waals surface area contributed by atoms with Crippen LogP contribution in [0.5, 0.6) is 11.5 Å². The molecule has 0 aliphatic heterocycles. The van der Waals surface area contributed by atoms with Crippen molar-refractivity contribution in [1.29, 1.82) is 0 Å². The van der Waals surface area contributed by atoms with E-state index in [2.05, 4.69) is 6.07 Å². The van der Waals surface area contributed by atoms with Crippen LogP contribution < -0.4 is 9.47 Å². The van der Waals surface area contributed by atoms with E-state index in [4.69, 9.17) is 9.47 Å². The van der Waals surface area contributed by atoms with Crippen LogP contribution in [0.1, 0.15) is 0 Å². The van der Waals surface area contributed by atoms with Crippen LogP contribution in [-0.2, 0) is 19.5 Å². The van der Waals surface area contributed by atoms with Crippen LogP contribution in [0.4, 0.5) is 0 Å². The molecule has 0 saturated carbocycles. The topological polar surface area (TPSA) is 18.5 Å². The average Bonchev–Trinajstić information content (AvgIpc) is 2.04. The van der Waals surface area contributed by atoms with Gasteiger partial charge in [-0.25, -0.2) is 0 Å². The molecule has 0 amide bonds. The molecule has 0 fully saturated rings. The van der Waals surface area contributed by atoms with E-state index in [1.54, 1.807) is 20.3 Å². The Morgan fingerprint density at radius 1 is 1.27 bits per heavy atom. The summed E-state index contributed by atoms with van der Waals surface area (Å²) >= 11 is 0. The van der Waals surface area contributed by atoms with Gasteiger partial charge in [-0.3, -0.25) is 0 Å². The summed E-state index contributed by atoms with van der Waals surface area (Å²) in [5.41, 5.74) is 0. The van der Waals surface area contributed by atoms with Gasteiger partial charge in [-0.15, -0.1) is 12.1 Å². The fourth-order valence-corrected chi connectivity index (χ4v) is 0.726. The van der Waals surface area contributed by atoms with Gasteiger partial charge in [0.2, 0.25) is 0 Å². The molecule has 56 valence electrons. The summed E-state index contributed by atoms with van der Waals surface area (Å²) in [6.45, 7) is 0. The summed E-state index contributed by atoms with van der Waals surface area (Å²) in [4.78, 5) is 0. The van der Waals surface area contributed by atoms with E-state index in [1.807, 2.05) is 12.1 Å². The molecule has 0 spiro atoms. The molecule has 1 aromatic rings. The van der Waals surface area contributed by atoms with Crippen molar-refractivity contribution in [2.45, 2.75) is 0 Å². The van der Waals surface area contributed by atoms with Gasteiger partial charge in [0.15, 0.2) is 0 Å². The van der Waals surface area contributed by atoms with E-state index in [-0.39, 0.29) is 19.5 Å². The number of benzene rings is 1. The minimum Gasteiger partial charge on any atom is -0.551 e. The van der Waals surface area contributed by atoms with Crippen molar-refractivity contribution in [3.8, 4) is 11.5 Å². The van der Waals surface area contributed by atoms with Gasteiger partial charge in [-0.1, -0.05) is 0 Å². The fraction of sp³-hybridized carbons (Fsp3) is 0.250. The number of methoxy groups -OCH3 is 2. The smallest absolute Gasteiger partial charge is 0.0745 e. The number of hydrogen-bond donors (Lipinski definition) is 0. The van der Waals surface area contributed by atoms with Crippen LogP contribution in [0.2, 0.25) is 0 Å². The summed E-state index contributed by atoms with van der Waals surface area (Å²) in [6, 6.07) is 8.35. The Morgan fingerprint density at radius 2 is 2.00 bits per heavy atom. The number of para-hydroxylation sites is 1. The summed E-state index contributed by atoms with van der Waals surface area (Å²) in [5.74, 6) is 1.36. The van der Waals surface area contributed by atoms with Crippen molar-refractivity contribution < 1.29 is 29.0 Å². The Balaban J connectivity index is 0.000001000. The van der Waals surface area contributed by atoms with E-state index < -0.39 is 0 Å². The molecule has 0 aromatic heterocycles. The van der Waals surface area contributed by atoms with Crippen molar-refractivity contribution in [1.82, 2.24) is 0 Å². The number of ether oxygens (including phenoxy) is 2. The molecular formula is C8H9O2Zn-. The fourth-order valence-electron chi connectivity index (χ4n) is 0.726. The van der Waals surface area contributed by atoms with Gasteiger partial charge in [0.05, 0.1) is 14.2 Å². The summed E-state index contributed by atoms with van der Waals surface area (Å²) in [7, 11) is 3.19. The van der Waals surface area contributed by atoms with E-state index in [1.165, 1.54) is 0 Å². The quantitative estimate of drug-likeness (QED) is 0.535. The van der Waals surface area contributed by atoms with Crippen LogP contribution in [0.25, 0.3) is 0 Å². The molecule has 0 radical (unpaired) electrons. The Labute approximate surface area is 79.3 Å². The predicted molar refractivity (Wildman–Crippen MR) is 38.4 cm³/mol. The molecule has 1 aromatic carbocycles. The molecular weight excluding hydrogens is 193 g/mol. The molecule has 3 heteroatoms. The molecule has 0 aliphatic rings. The van der Waals surface area contributed by atoms with Gasteiger partial charge in [0.25, 0.3) is 0 Å². The third-order valence-corrected chi connectivity index (χ3v) is 1.21. The SMILES string of the molecule is COc1[c-]cccc1OC.[Zn]. The van der Waals surface area contributed by atoms with Crippen LogP contribution in [0, 0.1) is 6.07 Å². The first-order valence-corrected chi connectivity index (χ1v) is 2.97. The third-order valence-electron chi connectivity index (χ3n) is 1.21. The molecule has 1 rings (SSSR count). The van der Waals surface area contributed by atoms with Gasteiger partial charge in [0.1, 0.15) is 0 Å². The van der Waals surface area contributed by atoms with Crippen molar-refractivity contribution in [3.05, 3.63) is 24.3 Å². The maximum absolute atomic E-state index is 4.98. The first kappa shape index (κ1) is 10.4. The van der Waals surface area contributed by atoms with Gasteiger partial charge >= 0.3 is 0 Å². The van der Waals surface area contributed by atoms with Gasteiger partial charge < -0.3 is 9.47 Å². The summed E-state index contributed by atoms with van der Waals surface area (Å²) in [6.07, 6.45) is 0. The molecule has 2 nitrogen and oxygen atoms in total. The minimum atomic E-state index is 0. The maximum Gasteiger partial charge on any atom is 0.0745 e. The van der Waals surface area contributed by atoms with Crippen LogP contribution >= 0.6 is 0 Å². The molecule has 0 heterocycles. The molecule has 0 aliphatic carbocycles. The van der Waals surface area contributed by atoms with Crippen LogP contribution in [-0.4, -0.2) is 14.2 Å². The normalized spacial score (nSPS) is 8.18. The van der Waals surface area contributed by atoms with Crippen molar-refractivity contribution >= 4 is 0 Å². The van der Waals surface area contributed by atoms with E-state index in [0.717, 1.165) is 0 Å². The largest absolute Gasteiger partial charge is 0.551 e. The summed E-state index contributed by atoms with van der Waals surface area (Å²) in [5, 5.41) is 0. The monoisotopic (exact) mass is 201 g/mol. The standard InChI is InChI=1S/C8H9O2.Zn/c1-9-7-5-3-4-6-8(7)10-2;/h3-5H,1-2H3;/q-1;.